The maximum atomic E-state index is 15.5. The number of halogens is 5. The number of fused-ring (bicyclic) bond motifs is 3. The van der Waals surface area contributed by atoms with E-state index >= 15 is 4.39 Å². The van der Waals surface area contributed by atoms with Crippen LogP contribution in [0.1, 0.15) is 67.5 Å². The lowest BCUT2D eigenvalue weighted by atomic mass is 9.86. The smallest absolute Gasteiger partial charge is 0.330 e. The van der Waals surface area contributed by atoms with Crippen LogP contribution in [0.15, 0.2) is 30.5 Å². The van der Waals surface area contributed by atoms with E-state index in [1.165, 1.54) is 16.6 Å². The molecule has 1 aliphatic heterocycles. The van der Waals surface area contributed by atoms with Crippen LogP contribution in [0.5, 0.6) is 0 Å². The molecule has 0 unspecified atom stereocenters. The molecule has 1 amide bonds. The van der Waals surface area contributed by atoms with Crippen LogP contribution in [-0.2, 0) is 20.0 Å². The Labute approximate surface area is 221 Å². The van der Waals surface area contributed by atoms with E-state index in [0.29, 0.717) is 33.8 Å². The highest BCUT2D eigenvalue weighted by atomic mass is 32.2. The minimum atomic E-state index is -4.98. The van der Waals surface area contributed by atoms with E-state index in [2.05, 4.69) is 10.1 Å². The molecule has 3 aromatic rings. The molecule has 7 nitrogen and oxygen atoms in total. The molecule has 1 saturated heterocycles. The van der Waals surface area contributed by atoms with Crippen molar-refractivity contribution >= 4 is 21.4 Å². The number of benzene rings is 1. The van der Waals surface area contributed by atoms with Gasteiger partial charge in [-0.2, -0.15) is 17.6 Å². The number of sulfone groups is 1. The Bertz CT molecular complexity index is 1550. The van der Waals surface area contributed by atoms with Crippen molar-refractivity contribution in [1.82, 2.24) is 19.5 Å². The summed E-state index contributed by atoms with van der Waals surface area (Å²) in [5.74, 6) is -4.55. The molecule has 2 aliphatic rings. The Kier molecular flexibility index (Phi) is 6.51. The van der Waals surface area contributed by atoms with Crippen LogP contribution in [0, 0.1) is 17.7 Å². The van der Waals surface area contributed by atoms with Gasteiger partial charge in [0, 0.05) is 47.7 Å². The first-order chi connectivity index (χ1) is 18.1. The SMILES string of the molecule is CN(C(=O)C1CCS(=O)(=O)CC1)[C@H](c1ccc([C@@H]2CC(C)(C)c3c2cnc2cc(F)nn32)cc1F)C(F)(F)F. The first-order valence-electron chi connectivity index (χ1n) is 12.5. The molecule has 0 saturated carbocycles. The summed E-state index contributed by atoms with van der Waals surface area (Å²) in [6, 6.07) is 2.15. The maximum absolute atomic E-state index is 15.5. The predicted molar refractivity (Wildman–Crippen MR) is 132 cm³/mol. The first-order valence-corrected chi connectivity index (χ1v) is 14.3. The summed E-state index contributed by atoms with van der Waals surface area (Å²) in [4.78, 5) is 17.7. The molecule has 0 bridgehead atoms. The van der Waals surface area contributed by atoms with Crippen molar-refractivity contribution in [3.63, 3.8) is 0 Å². The quantitative estimate of drug-likeness (QED) is 0.425. The van der Waals surface area contributed by atoms with E-state index in [0.717, 1.165) is 19.2 Å². The van der Waals surface area contributed by atoms with Gasteiger partial charge < -0.3 is 4.90 Å². The zero-order valence-corrected chi connectivity index (χ0v) is 22.3. The second-order valence-corrected chi connectivity index (χ2v) is 13.3. The molecular weight excluding hydrogens is 543 g/mol. The lowest BCUT2D eigenvalue weighted by Crippen LogP contribution is -2.44. The summed E-state index contributed by atoms with van der Waals surface area (Å²) in [5, 5.41) is 3.89. The molecular formula is C26H27F5N4O3S. The van der Waals surface area contributed by atoms with Crippen molar-refractivity contribution in [1.29, 1.82) is 0 Å². The molecule has 210 valence electrons. The van der Waals surface area contributed by atoms with Crippen molar-refractivity contribution in [2.24, 2.45) is 5.92 Å². The summed E-state index contributed by atoms with van der Waals surface area (Å²) >= 11 is 0. The fraction of sp³-hybridized carbons (Fsp3) is 0.500. The Balaban J connectivity index is 1.48. The molecule has 3 heterocycles. The topological polar surface area (TPSA) is 84.6 Å². The van der Waals surface area contributed by atoms with E-state index in [4.69, 9.17) is 0 Å². The number of hydrogen-bond acceptors (Lipinski definition) is 5. The first kappa shape index (κ1) is 27.5. The number of rotatable bonds is 4. The van der Waals surface area contributed by atoms with Crippen molar-refractivity contribution in [2.45, 2.75) is 56.7 Å². The molecule has 5 rings (SSSR count). The molecule has 2 atom stereocenters. The molecule has 0 N–H and O–H groups in total. The number of nitrogens with zero attached hydrogens (tertiary/aromatic N) is 4. The molecule has 0 radical (unpaired) electrons. The largest absolute Gasteiger partial charge is 0.413 e. The maximum Gasteiger partial charge on any atom is 0.413 e. The molecule has 1 aromatic carbocycles. The van der Waals surface area contributed by atoms with Gasteiger partial charge in [-0.15, -0.1) is 5.10 Å². The summed E-state index contributed by atoms with van der Waals surface area (Å²) < 4.78 is 96.8. The summed E-state index contributed by atoms with van der Waals surface area (Å²) in [7, 11) is -2.35. The average molecular weight is 571 g/mol. The van der Waals surface area contributed by atoms with Crippen molar-refractivity contribution < 1.29 is 35.2 Å². The van der Waals surface area contributed by atoms with Gasteiger partial charge in [0.15, 0.2) is 11.7 Å². The van der Waals surface area contributed by atoms with E-state index < -0.39 is 62.5 Å². The molecule has 1 aliphatic carbocycles. The highest BCUT2D eigenvalue weighted by Gasteiger charge is 2.48. The van der Waals surface area contributed by atoms with E-state index in [1.54, 1.807) is 6.20 Å². The predicted octanol–water partition coefficient (Wildman–Crippen LogP) is 4.71. The monoisotopic (exact) mass is 570 g/mol. The third kappa shape index (κ3) is 4.89. The number of alkyl halides is 3. The van der Waals surface area contributed by atoms with Crippen molar-refractivity contribution in [3.8, 4) is 0 Å². The summed E-state index contributed by atoms with van der Waals surface area (Å²) in [6.45, 7) is 3.85. The Hall–Kier alpha value is -3.09. The lowest BCUT2D eigenvalue weighted by molar-refractivity contribution is -0.191. The standard InChI is InChI=1S/C26H27F5N4O3S/c1-25(2)12-17(18-13-32-21-11-20(28)33-35(21)22(18)25)15-4-5-16(19(27)10-15)23(26(29,30)31)34(3)24(36)14-6-8-39(37,38)9-7-14/h4-5,10-11,13-14,17,23H,6-9,12H2,1-3H3/t17-,23+/m0/s1. The molecule has 13 heteroatoms. The molecule has 2 aromatic heterocycles. The van der Waals surface area contributed by atoms with Crippen molar-refractivity contribution in [2.75, 3.05) is 18.6 Å². The Morgan fingerprint density at radius 3 is 2.44 bits per heavy atom. The molecule has 0 spiro atoms. The van der Waals surface area contributed by atoms with Crippen molar-refractivity contribution in [3.05, 3.63) is 64.6 Å². The summed E-state index contributed by atoms with van der Waals surface area (Å²) in [5.41, 5.74) is 0.893. The summed E-state index contributed by atoms with van der Waals surface area (Å²) in [6.07, 6.45) is -3.09. The van der Waals surface area contributed by atoms with Gasteiger partial charge in [0.05, 0.1) is 17.2 Å². The van der Waals surface area contributed by atoms with E-state index in [1.807, 2.05) is 13.8 Å². The van der Waals surface area contributed by atoms with Crippen LogP contribution >= 0.6 is 0 Å². The zero-order valence-electron chi connectivity index (χ0n) is 21.5. The Morgan fingerprint density at radius 2 is 1.82 bits per heavy atom. The zero-order chi connectivity index (χ0) is 28.5. The van der Waals surface area contributed by atoms with E-state index in [-0.39, 0.29) is 24.3 Å². The average Bonchev–Trinajstić information content (AvgIpc) is 3.34. The number of amides is 1. The van der Waals surface area contributed by atoms with Crippen LogP contribution in [-0.4, -0.2) is 58.6 Å². The van der Waals surface area contributed by atoms with E-state index in [9.17, 15) is 30.8 Å². The third-order valence-electron chi connectivity index (χ3n) is 7.88. The second-order valence-electron chi connectivity index (χ2n) is 11.0. The van der Waals surface area contributed by atoms with Gasteiger partial charge in [0.2, 0.25) is 11.9 Å². The third-order valence-corrected chi connectivity index (χ3v) is 9.60. The van der Waals surface area contributed by atoms with Gasteiger partial charge in [0.25, 0.3) is 0 Å². The van der Waals surface area contributed by atoms with Gasteiger partial charge in [0.1, 0.15) is 15.7 Å². The highest BCUT2D eigenvalue weighted by molar-refractivity contribution is 7.91. The fourth-order valence-corrected chi connectivity index (χ4v) is 7.50. The van der Waals surface area contributed by atoms with Gasteiger partial charge in [-0.1, -0.05) is 26.0 Å². The lowest BCUT2D eigenvalue weighted by Gasteiger charge is -2.34. The van der Waals surface area contributed by atoms with Crippen LogP contribution in [0.2, 0.25) is 0 Å². The number of hydrogen-bond donors (Lipinski definition) is 0. The second kappa shape index (κ2) is 9.24. The highest BCUT2D eigenvalue weighted by Crippen LogP contribution is 2.49. The Morgan fingerprint density at radius 1 is 1.15 bits per heavy atom. The van der Waals surface area contributed by atoms with Gasteiger partial charge in [-0.3, -0.25) is 4.79 Å². The van der Waals surface area contributed by atoms with Gasteiger partial charge in [-0.05, 0) is 30.9 Å². The van der Waals surface area contributed by atoms with Gasteiger partial charge in [-0.25, -0.2) is 22.3 Å². The number of carbonyl (C=O) groups is 1. The minimum Gasteiger partial charge on any atom is -0.330 e. The number of carbonyl (C=O) groups excluding carboxylic acids is 1. The van der Waals surface area contributed by atoms with Crippen LogP contribution in [0.25, 0.3) is 5.65 Å². The number of aromatic nitrogens is 3. The molecule has 39 heavy (non-hydrogen) atoms. The van der Waals surface area contributed by atoms with Gasteiger partial charge >= 0.3 is 6.18 Å². The molecule has 1 fully saturated rings. The minimum absolute atomic E-state index is 0.0736. The van der Waals surface area contributed by atoms with Crippen LogP contribution in [0.3, 0.4) is 0 Å². The van der Waals surface area contributed by atoms with Crippen LogP contribution < -0.4 is 0 Å². The van der Waals surface area contributed by atoms with Crippen LogP contribution in [0.4, 0.5) is 22.0 Å². The fourth-order valence-electron chi connectivity index (χ4n) is 6.00. The normalized spacial score (nSPS) is 21.6.